The maximum atomic E-state index is 9.80. The molecular weight excluding hydrogens is 945 g/mol. The molecule has 0 aromatic heterocycles. The van der Waals surface area contributed by atoms with E-state index in [4.69, 9.17) is 6.58 Å². The molecule has 0 saturated carbocycles. The van der Waals surface area contributed by atoms with Crippen LogP contribution in [0.15, 0.2) is 206 Å². The highest BCUT2D eigenvalue weighted by molar-refractivity contribution is 6.11. The molecule has 2 aliphatic rings. The van der Waals surface area contributed by atoms with Crippen LogP contribution in [0.4, 0.5) is 34.1 Å². The molecule has 0 radical (unpaired) electrons. The molecular formula is C74H68N4. The molecule has 9 aromatic rings. The Balaban J connectivity index is 1.20. The molecule has 384 valence electrons. The van der Waals surface area contributed by atoms with Gasteiger partial charge in [-0.25, -0.2) is 0 Å². The van der Waals surface area contributed by atoms with Crippen molar-refractivity contribution < 1.29 is 0 Å². The molecule has 1 spiro atoms. The van der Waals surface area contributed by atoms with Gasteiger partial charge < -0.3 is 9.80 Å². The van der Waals surface area contributed by atoms with Gasteiger partial charge in [0.15, 0.2) is 0 Å². The monoisotopic (exact) mass is 1010 g/mol. The minimum Gasteiger partial charge on any atom is -0.310 e. The largest absolute Gasteiger partial charge is 0.310 e. The standard InChI is InChI=1S/C74H68N4/c1-13-68-66(40-48(6)72(7,8)9)67-43-55(73(10,11)12)24-39-69(67)74(68)70-62-37-33-60(77(56-25-14-49(44-75)15-26-56)58-29-18-51(19-30-58)46(2)3)41-53(62)22-35-64(70)65-36-23-54-42-61(34-38-63(54)71(65)74)78(57-27-16-50(45-76)17-28-57)59-31-20-52(21-32-59)47(4)5/h13-43,46-47H,1H2,2-12H3/b48-40+. The van der Waals surface area contributed by atoms with Crippen molar-refractivity contribution in [2.75, 3.05) is 9.80 Å². The van der Waals surface area contributed by atoms with E-state index in [9.17, 15) is 10.5 Å². The van der Waals surface area contributed by atoms with Crippen molar-refractivity contribution in [2.24, 2.45) is 5.41 Å². The first kappa shape index (κ1) is 51.4. The Morgan fingerprint density at radius 1 is 0.500 bits per heavy atom. The number of rotatable bonds is 10. The van der Waals surface area contributed by atoms with Gasteiger partial charge in [0.2, 0.25) is 0 Å². The Morgan fingerprint density at radius 3 is 1.28 bits per heavy atom. The Labute approximate surface area is 462 Å². The molecule has 0 fully saturated rings. The van der Waals surface area contributed by atoms with Crippen molar-refractivity contribution in [3.8, 4) is 23.3 Å². The van der Waals surface area contributed by atoms with E-state index < -0.39 is 5.41 Å². The van der Waals surface area contributed by atoms with Gasteiger partial charge in [-0.15, -0.1) is 0 Å². The van der Waals surface area contributed by atoms with Gasteiger partial charge in [-0.2, -0.15) is 10.5 Å². The fraction of sp³-hybridized carbons (Fsp3) is 0.216. The zero-order valence-electron chi connectivity index (χ0n) is 47.0. The highest BCUT2D eigenvalue weighted by atomic mass is 15.1. The summed E-state index contributed by atoms with van der Waals surface area (Å²) >= 11 is 0. The molecule has 4 heteroatoms. The van der Waals surface area contributed by atoms with Crippen molar-refractivity contribution in [3.05, 3.63) is 256 Å². The Kier molecular flexibility index (Phi) is 12.8. The maximum absolute atomic E-state index is 9.80. The molecule has 11 rings (SSSR count). The van der Waals surface area contributed by atoms with Crippen LogP contribution in [0.1, 0.15) is 138 Å². The molecule has 0 atom stereocenters. The Bertz CT molecular complexity index is 3800. The molecule has 0 aliphatic heterocycles. The molecule has 2 aliphatic carbocycles. The summed E-state index contributed by atoms with van der Waals surface area (Å²) in [5, 5.41) is 24.2. The van der Waals surface area contributed by atoms with Gasteiger partial charge in [0.1, 0.15) is 0 Å². The average molecular weight is 1010 g/mol. The predicted octanol–water partition coefficient (Wildman–Crippen LogP) is 20.5. The second kappa shape index (κ2) is 19.4. The third kappa shape index (κ3) is 8.52. The molecule has 4 nitrogen and oxygen atoms in total. The van der Waals surface area contributed by atoms with E-state index in [0.717, 1.165) is 44.9 Å². The SMILES string of the molecule is C=CC1=C(/C=C(\C)C(C)(C)C)c2cc(C(C)(C)C)ccc2C12c1c(ccc3cc(N(c4ccc(C#N)cc4)c4ccc(C(C)C)cc4)ccc13)-c1ccc3cc(N(c4ccc(C#N)cc4)c4ccc(C(C)C)cc4)ccc3c12. The minimum absolute atomic E-state index is 0.0691. The number of hydrogen-bond donors (Lipinski definition) is 0. The topological polar surface area (TPSA) is 54.1 Å². The van der Waals surface area contributed by atoms with Crippen LogP contribution in [0.2, 0.25) is 0 Å². The second-order valence-corrected chi connectivity index (χ2v) is 24.1. The van der Waals surface area contributed by atoms with Crippen molar-refractivity contribution in [1.82, 2.24) is 0 Å². The lowest BCUT2D eigenvalue weighted by molar-refractivity contribution is 0.504. The van der Waals surface area contributed by atoms with Gasteiger partial charge in [-0.05, 0) is 209 Å². The molecule has 0 amide bonds. The third-order valence-electron chi connectivity index (χ3n) is 16.7. The summed E-state index contributed by atoms with van der Waals surface area (Å²) in [5.74, 6) is 0.807. The molecule has 0 bridgehead atoms. The van der Waals surface area contributed by atoms with Gasteiger partial charge >= 0.3 is 0 Å². The lowest BCUT2D eigenvalue weighted by atomic mass is 9.67. The number of hydrogen-bond acceptors (Lipinski definition) is 4. The Hall–Kier alpha value is -8.70. The molecule has 78 heavy (non-hydrogen) atoms. The van der Waals surface area contributed by atoms with E-state index in [-0.39, 0.29) is 10.8 Å². The number of fused-ring (bicyclic) bond motifs is 11. The van der Waals surface area contributed by atoms with Crippen LogP contribution in [0.5, 0.6) is 0 Å². The van der Waals surface area contributed by atoms with Crippen molar-refractivity contribution in [3.63, 3.8) is 0 Å². The Morgan fingerprint density at radius 2 is 0.910 bits per heavy atom. The first-order valence-corrected chi connectivity index (χ1v) is 27.5. The van der Waals surface area contributed by atoms with E-state index in [1.807, 2.05) is 48.5 Å². The number of anilines is 6. The number of nitriles is 2. The van der Waals surface area contributed by atoms with E-state index in [2.05, 4.69) is 238 Å². The van der Waals surface area contributed by atoms with Crippen LogP contribution in [-0.4, -0.2) is 0 Å². The average Bonchev–Trinajstić information content (AvgIpc) is 2.42. The van der Waals surface area contributed by atoms with Crippen LogP contribution in [0.3, 0.4) is 0 Å². The van der Waals surface area contributed by atoms with E-state index in [0.29, 0.717) is 23.0 Å². The van der Waals surface area contributed by atoms with Gasteiger partial charge in [0.05, 0.1) is 28.7 Å². The first-order valence-electron chi connectivity index (χ1n) is 27.5. The number of allylic oxidation sites excluding steroid dienone is 5. The van der Waals surface area contributed by atoms with E-state index >= 15 is 0 Å². The number of benzene rings is 9. The van der Waals surface area contributed by atoms with E-state index in [1.54, 1.807) is 0 Å². The summed E-state index contributed by atoms with van der Waals surface area (Å²) < 4.78 is 0. The molecule has 9 aromatic carbocycles. The minimum atomic E-state index is -0.747. The summed E-state index contributed by atoms with van der Waals surface area (Å²) in [6, 6.07) is 68.8. The van der Waals surface area contributed by atoms with Crippen molar-refractivity contribution in [1.29, 1.82) is 10.5 Å². The summed E-state index contributed by atoms with van der Waals surface area (Å²) in [4.78, 5) is 4.61. The molecule has 0 unspecified atom stereocenters. The summed E-state index contributed by atoms with van der Waals surface area (Å²) in [5.41, 5.74) is 21.5. The van der Waals surface area contributed by atoms with Crippen LogP contribution in [0, 0.1) is 28.1 Å². The summed E-state index contributed by atoms with van der Waals surface area (Å²) in [6.07, 6.45) is 4.62. The van der Waals surface area contributed by atoms with Gasteiger partial charge in [0, 0.05) is 34.1 Å². The fourth-order valence-corrected chi connectivity index (χ4v) is 12.0. The second-order valence-electron chi connectivity index (χ2n) is 24.1. The van der Waals surface area contributed by atoms with Crippen LogP contribution in [0.25, 0.3) is 38.2 Å². The molecule has 0 saturated heterocycles. The lowest BCUT2D eigenvalue weighted by Crippen LogP contribution is -2.27. The summed E-state index contributed by atoms with van der Waals surface area (Å²) in [6.45, 7) is 29.8. The van der Waals surface area contributed by atoms with Crippen LogP contribution < -0.4 is 9.80 Å². The van der Waals surface area contributed by atoms with Crippen molar-refractivity contribution >= 4 is 61.2 Å². The van der Waals surface area contributed by atoms with Gasteiger partial charge in [-0.1, -0.05) is 172 Å². The normalized spacial score (nSPS) is 13.7. The predicted molar refractivity (Wildman–Crippen MR) is 329 cm³/mol. The quantitative estimate of drug-likeness (QED) is 0.137. The third-order valence-corrected chi connectivity index (χ3v) is 16.7. The summed E-state index contributed by atoms with van der Waals surface area (Å²) in [7, 11) is 0. The molecule has 0 heterocycles. The van der Waals surface area contributed by atoms with Crippen LogP contribution >= 0.6 is 0 Å². The fourth-order valence-electron chi connectivity index (χ4n) is 12.0. The smallest absolute Gasteiger partial charge is 0.0991 e. The van der Waals surface area contributed by atoms with Gasteiger partial charge in [-0.3, -0.25) is 0 Å². The van der Waals surface area contributed by atoms with Crippen LogP contribution in [-0.2, 0) is 10.8 Å². The highest BCUT2D eigenvalue weighted by Crippen LogP contribution is 2.66. The highest BCUT2D eigenvalue weighted by Gasteiger charge is 2.54. The zero-order chi connectivity index (χ0) is 55.0. The zero-order valence-corrected chi connectivity index (χ0v) is 47.0. The maximum Gasteiger partial charge on any atom is 0.0991 e. The number of nitrogens with zero attached hydrogens (tertiary/aromatic N) is 4. The van der Waals surface area contributed by atoms with Crippen molar-refractivity contribution in [2.45, 2.75) is 98.8 Å². The first-order chi connectivity index (χ1) is 37.3. The van der Waals surface area contributed by atoms with Gasteiger partial charge in [0.25, 0.3) is 0 Å². The van der Waals surface area contributed by atoms with E-state index in [1.165, 1.54) is 77.6 Å². The molecule has 0 N–H and O–H groups in total. The lowest BCUT2D eigenvalue weighted by Gasteiger charge is -2.34.